The monoisotopic (exact) mass is 267 g/mol. The van der Waals surface area contributed by atoms with Gasteiger partial charge in [-0.25, -0.2) is 0 Å². The third kappa shape index (κ3) is 21.8. The van der Waals surface area contributed by atoms with Crippen molar-refractivity contribution in [1.82, 2.24) is 4.90 Å². The molecule has 0 saturated carbocycles. The first-order valence-electron chi connectivity index (χ1n) is 6.60. The fraction of sp³-hybridized carbons (Fsp3) is 1.00. The molecule has 0 atom stereocenters. The van der Waals surface area contributed by atoms with E-state index in [-0.39, 0.29) is 0 Å². The van der Waals surface area contributed by atoms with Gasteiger partial charge in [0, 0.05) is 0 Å². The lowest BCUT2D eigenvalue weighted by Crippen LogP contribution is -2.27. The van der Waals surface area contributed by atoms with Gasteiger partial charge < -0.3 is 4.90 Å². The molecular weight excluding hydrogens is 238 g/mol. The molecule has 0 saturated heterocycles. The van der Waals surface area contributed by atoms with Crippen LogP contribution in [0, 0.1) is 0 Å². The van der Waals surface area contributed by atoms with E-state index in [1.807, 2.05) is 0 Å². The minimum Gasteiger partial charge on any atom is -0.303 e. The van der Waals surface area contributed by atoms with Crippen molar-refractivity contribution in [1.29, 1.82) is 0 Å². The predicted octanol–water partition coefficient (Wildman–Crippen LogP) is 3.37. The van der Waals surface area contributed by atoms with Crippen molar-refractivity contribution >= 4 is 11.4 Å². The Bertz CT molecular complexity index is 145. The highest BCUT2D eigenvalue weighted by Gasteiger charge is 2.01. The zero-order chi connectivity index (χ0) is 13.5. The standard InChI is InChI=1S/C12H27N.H2O3S/c1-4-7-10-13(11-8-5-2)12-9-6-3;1-4(2)3/h4-12H2,1-3H3;(H2,1,2,3). The van der Waals surface area contributed by atoms with Gasteiger partial charge in [-0.15, -0.1) is 0 Å². The minimum atomic E-state index is -2.61. The van der Waals surface area contributed by atoms with Crippen molar-refractivity contribution in [3.63, 3.8) is 0 Å². The highest BCUT2D eigenvalue weighted by Crippen LogP contribution is 2.01. The molecule has 0 aliphatic carbocycles. The van der Waals surface area contributed by atoms with Crippen LogP contribution in [0.2, 0.25) is 0 Å². The van der Waals surface area contributed by atoms with Crippen molar-refractivity contribution in [3.8, 4) is 0 Å². The highest BCUT2D eigenvalue weighted by molar-refractivity contribution is 7.73. The minimum absolute atomic E-state index is 1.32. The highest BCUT2D eigenvalue weighted by atomic mass is 32.2. The Kier molecular flexibility index (Phi) is 18.3. The van der Waals surface area contributed by atoms with Gasteiger partial charge in [-0.05, 0) is 38.9 Å². The first-order chi connectivity index (χ1) is 8.08. The zero-order valence-electron chi connectivity index (χ0n) is 11.5. The lowest BCUT2D eigenvalue weighted by Gasteiger charge is -2.21. The Morgan fingerprint density at radius 2 is 1.06 bits per heavy atom. The lowest BCUT2D eigenvalue weighted by molar-refractivity contribution is 0.261. The maximum absolute atomic E-state index is 8.67. The summed E-state index contributed by atoms with van der Waals surface area (Å²) in [5.41, 5.74) is 0. The summed E-state index contributed by atoms with van der Waals surface area (Å²) in [5.74, 6) is 0. The smallest absolute Gasteiger partial charge is 0.299 e. The summed E-state index contributed by atoms with van der Waals surface area (Å²) in [5, 5.41) is 0. The van der Waals surface area contributed by atoms with Crippen LogP contribution in [0.3, 0.4) is 0 Å². The van der Waals surface area contributed by atoms with Crippen LogP contribution in [0.4, 0.5) is 0 Å². The molecule has 0 fully saturated rings. The average molecular weight is 267 g/mol. The molecule has 0 rings (SSSR count). The van der Waals surface area contributed by atoms with E-state index in [4.69, 9.17) is 13.3 Å². The van der Waals surface area contributed by atoms with Crippen LogP contribution in [0.15, 0.2) is 0 Å². The molecule has 0 bridgehead atoms. The van der Waals surface area contributed by atoms with Gasteiger partial charge in [0.1, 0.15) is 0 Å². The van der Waals surface area contributed by atoms with E-state index < -0.39 is 11.4 Å². The molecule has 0 amide bonds. The largest absolute Gasteiger partial charge is 0.303 e. The molecule has 4 nitrogen and oxygen atoms in total. The summed E-state index contributed by atoms with van der Waals surface area (Å²) in [6, 6.07) is 0. The van der Waals surface area contributed by atoms with Crippen LogP contribution in [0.1, 0.15) is 59.3 Å². The molecule has 5 heteroatoms. The molecule has 0 aliphatic heterocycles. The van der Waals surface area contributed by atoms with Crippen molar-refractivity contribution in [2.24, 2.45) is 0 Å². The second-order valence-electron chi connectivity index (χ2n) is 4.13. The van der Waals surface area contributed by atoms with E-state index in [0.29, 0.717) is 0 Å². The van der Waals surface area contributed by atoms with E-state index in [2.05, 4.69) is 25.7 Å². The molecule has 0 radical (unpaired) electrons. The van der Waals surface area contributed by atoms with E-state index in [1.54, 1.807) is 0 Å². The molecule has 0 aromatic carbocycles. The van der Waals surface area contributed by atoms with Crippen molar-refractivity contribution in [3.05, 3.63) is 0 Å². The van der Waals surface area contributed by atoms with Gasteiger partial charge >= 0.3 is 0 Å². The molecule has 0 heterocycles. The molecule has 17 heavy (non-hydrogen) atoms. The molecule has 0 aromatic rings. The van der Waals surface area contributed by atoms with Crippen molar-refractivity contribution in [2.75, 3.05) is 19.6 Å². The van der Waals surface area contributed by atoms with Gasteiger partial charge in [0.25, 0.3) is 11.4 Å². The Morgan fingerprint density at radius 1 is 0.824 bits per heavy atom. The van der Waals surface area contributed by atoms with Crippen molar-refractivity contribution in [2.45, 2.75) is 59.3 Å². The van der Waals surface area contributed by atoms with Crippen LogP contribution in [0.25, 0.3) is 0 Å². The Hall–Kier alpha value is 0.0300. The van der Waals surface area contributed by atoms with Gasteiger partial charge in [0.15, 0.2) is 0 Å². The van der Waals surface area contributed by atoms with Crippen LogP contribution < -0.4 is 0 Å². The van der Waals surface area contributed by atoms with E-state index >= 15 is 0 Å². The second kappa shape index (κ2) is 16.0. The molecule has 106 valence electrons. The Morgan fingerprint density at radius 3 is 1.24 bits per heavy atom. The summed E-state index contributed by atoms with van der Waals surface area (Å²) in [4.78, 5) is 2.64. The normalized spacial score (nSPS) is 10.5. The topological polar surface area (TPSA) is 60.8 Å². The fourth-order valence-corrected chi connectivity index (χ4v) is 1.48. The number of nitrogens with zero attached hydrogens (tertiary/aromatic N) is 1. The van der Waals surface area contributed by atoms with Crippen LogP contribution in [0.5, 0.6) is 0 Å². The number of rotatable bonds is 9. The summed E-state index contributed by atoms with van der Waals surface area (Å²) in [6.45, 7) is 10.8. The first-order valence-corrected chi connectivity index (χ1v) is 7.67. The summed E-state index contributed by atoms with van der Waals surface area (Å²) < 4.78 is 22.8. The molecule has 2 N–H and O–H groups in total. The van der Waals surface area contributed by atoms with Gasteiger partial charge in [-0.3, -0.25) is 9.11 Å². The number of hydrogen-bond acceptors (Lipinski definition) is 2. The molecular formula is C12H29NO3S. The SMILES string of the molecule is CCCCN(CCCC)CCCC.O=S(O)O. The second-order valence-corrected chi connectivity index (χ2v) is 4.59. The van der Waals surface area contributed by atoms with E-state index in [9.17, 15) is 0 Å². The maximum Gasteiger partial charge on any atom is 0.299 e. The quantitative estimate of drug-likeness (QED) is 0.629. The zero-order valence-corrected chi connectivity index (χ0v) is 12.3. The Labute approximate surface area is 109 Å². The summed E-state index contributed by atoms with van der Waals surface area (Å²) in [6.07, 6.45) is 8.09. The predicted molar refractivity (Wildman–Crippen MR) is 74.6 cm³/mol. The third-order valence-corrected chi connectivity index (χ3v) is 2.48. The molecule has 0 unspecified atom stereocenters. The molecule has 0 spiro atoms. The summed E-state index contributed by atoms with van der Waals surface area (Å²) in [7, 11) is 0. The van der Waals surface area contributed by atoms with Crippen molar-refractivity contribution < 1.29 is 13.3 Å². The third-order valence-electron chi connectivity index (χ3n) is 2.48. The summed E-state index contributed by atoms with van der Waals surface area (Å²) >= 11 is -2.61. The van der Waals surface area contributed by atoms with Gasteiger partial charge in [0.05, 0.1) is 0 Å². The number of hydrogen-bond donors (Lipinski definition) is 2. The molecule has 0 aliphatic rings. The average Bonchev–Trinajstić information content (AvgIpc) is 2.27. The Balaban J connectivity index is 0. The van der Waals surface area contributed by atoms with Gasteiger partial charge in [0.2, 0.25) is 0 Å². The van der Waals surface area contributed by atoms with Crippen LogP contribution in [-0.4, -0.2) is 37.8 Å². The van der Waals surface area contributed by atoms with Gasteiger partial charge in [-0.2, -0.15) is 4.21 Å². The van der Waals surface area contributed by atoms with E-state index in [0.717, 1.165) is 0 Å². The maximum atomic E-state index is 8.67. The molecule has 0 aromatic heterocycles. The van der Waals surface area contributed by atoms with Gasteiger partial charge in [-0.1, -0.05) is 40.0 Å². The first kappa shape index (κ1) is 19.4. The van der Waals surface area contributed by atoms with Crippen LogP contribution in [-0.2, 0) is 11.4 Å². The van der Waals surface area contributed by atoms with Crippen LogP contribution >= 0.6 is 0 Å². The van der Waals surface area contributed by atoms with E-state index in [1.165, 1.54) is 58.2 Å². The number of unbranched alkanes of at least 4 members (excludes halogenated alkanes) is 3. The fourth-order valence-electron chi connectivity index (χ4n) is 1.48. The lowest BCUT2D eigenvalue weighted by atomic mass is 10.2.